The highest BCUT2D eigenvalue weighted by Crippen LogP contribution is 2.23. The van der Waals surface area contributed by atoms with Gasteiger partial charge in [-0.05, 0) is 109 Å². The van der Waals surface area contributed by atoms with E-state index in [1.54, 1.807) is 24.3 Å². The number of nitrogens with two attached hydrogens (primary N) is 4. The molecule has 414 valence electrons. The molecule has 4 aromatic rings. The molecule has 6 rings (SSSR count). The zero-order valence-electron chi connectivity index (χ0n) is 42.2. The van der Waals surface area contributed by atoms with Crippen molar-refractivity contribution in [3.8, 4) is 11.5 Å². The highest BCUT2D eigenvalue weighted by Gasteiger charge is 2.47. The number of aromatic hydroxyl groups is 2. The Hall–Kier alpha value is -8.38. The second kappa shape index (κ2) is 27.6. The lowest BCUT2D eigenvalue weighted by Crippen LogP contribution is -2.69. The summed E-state index contributed by atoms with van der Waals surface area (Å²) < 4.78 is 0. The number of benzene rings is 4. The Morgan fingerprint density at radius 3 is 1.72 bits per heavy atom. The van der Waals surface area contributed by atoms with Crippen LogP contribution in [0.25, 0.3) is 0 Å². The number of primary amides is 2. The molecular weight excluding hydrogens is 1030 g/mol. The molecule has 0 aromatic heterocycles. The number of amides is 9. The van der Waals surface area contributed by atoms with Crippen molar-refractivity contribution in [3.63, 3.8) is 0 Å². The van der Waals surface area contributed by atoms with E-state index in [4.69, 9.17) is 34.5 Å². The summed E-state index contributed by atoms with van der Waals surface area (Å²) in [6.07, 6.45) is 0.271. The van der Waals surface area contributed by atoms with Gasteiger partial charge in [0.2, 0.25) is 53.2 Å². The van der Waals surface area contributed by atoms with Crippen molar-refractivity contribution < 1.29 is 58.5 Å². The van der Waals surface area contributed by atoms with Gasteiger partial charge in [0, 0.05) is 35.8 Å². The number of fused-ring (bicyclic) bond motifs is 2. The van der Waals surface area contributed by atoms with Crippen LogP contribution >= 0.6 is 11.6 Å². The summed E-state index contributed by atoms with van der Waals surface area (Å²) in [7, 11) is 0. The van der Waals surface area contributed by atoms with Gasteiger partial charge in [-0.3, -0.25) is 43.2 Å². The molecule has 2 aliphatic heterocycles. The fourth-order valence-electron chi connectivity index (χ4n) is 8.89. The molecule has 9 amide bonds. The van der Waals surface area contributed by atoms with Crippen molar-refractivity contribution >= 4 is 64.8 Å². The molecule has 0 spiro atoms. The van der Waals surface area contributed by atoms with Gasteiger partial charge in [0.25, 0.3) is 0 Å². The first-order chi connectivity index (χ1) is 37.2. The number of aliphatic hydroxyl groups is 1. The van der Waals surface area contributed by atoms with Crippen LogP contribution in [-0.2, 0) is 64.0 Å². The van der Waals surface area contributed by atoms with Gasteiger partial charge in [0.15, 0.2) is 0 Å². The highest BCUT2D eigenvalue weighted by atomic mass is 35.5. The molecule has 23 nitrogen and oxygen atoms in total. The first-order valence-corrected chi connectivity index (χ1v) is 25.5. The van der Waals surface area contributed by atoms with Crippen molar-refractivity contribution in [2.75, 3.05) is 6.54 Å². The minimum absolute atomic E-state index is 0.00143. The van der Waals surface area contributed by atoms with Crippen LogP contribution < -0.4 is 60.2 Å². The van der Waals surface area contributed by atoms with E-state index in [1.165, 1.54) is 84.9 Å². The van der Waals surface area contributed by atoms with Crippen molar-refractivity contribution in [1.29, 1.82) is 0 Å². The lowest BCUT2D eigenvalue weighted by atomic mass is 9.83. The van der Waals surface area contributed by atoms with Crippen LogP contribution in [0.5, 0.6) is 11.5 Å². The van der Waals surface area contributed by atoms with Crippen molar-refractivity contribution in [3.05, 3.63) is 142 Å². The Labute approximate surface area is 453 Å². The molecule has 1 saturated heterocycles. The number of phenols is 2. The van der Waals surface area contributed by atoms with Crippen LogP contribution in [0.4, 0.5) is 0 Å². The van der Waals surface area contributed by atoms with Gasteiger partial charge >= 0.3 is 0 Å². The van der Waals surface area contributed by atoms with E-state index in [1.807, 2.05) is 0 Å². The topological polar surface area (TPSA) is 403 Å². The minimum atomic E-state index is -1.92. The normalized spacial score (nSPS) is 22.8. The van der Waals surface area contributed by atoms with Gasteiger partial charge in [-0.2, -0.15) is 0 Å². The first kappa shape index (κ1) is 58.9. The molecule has 4 aromatic carbocycles. The highest BCUT2D eigenvalue weighted by molar-refractivity contribution is 6.30. The van der Waals surface area contributed by atoms with Crippen LogP contribution in [0.2, 0.25) is 5.02 Å². The van der Waals surface area contributed by atoms with Gasteiger partial charge in [-0.1, -0.05) is 72.3 Å². The Morgan fingerprint density at radius 2 is 1.15 bits per heavy atom. The number of hydrogen-bond acceptors (Lipinski definition) is 14. The van der Waals surface area contributed by atoms with Crippen LogP contribution in [0.15, 0.2) is 109 Å². The molecule has 1 fully saturated rings. The molecule has 2 bridgehead atoms. The number of aliphatic hydroxyl groups excluding tert-OH is 1. The summed E-state index contributed by atoms with van der Waals surface area (Å²) >= 11 is 6.07. The molecule has 24 heteroatoms. The second-order valence-electron chi connectivity index (χ2n) is 19.1. The third kappa shape index (κ3) is 16.6. The number of phenolic OH excluding ortho intramolecular Hbond substituents is 2. The lowest BCUT2D eigenvalue weighted by molar-refractivity contribution is -0.143. The Balaban J connectivity index is 1.42. The molecule has 2 heterocycles. The van der Waals surface area contributed by atoms with Crippen LogP contribution in [0.1, 0.15) is 58.3 Å². The van der Waals surface area contributed by atoms with Gasteiger partial charge in [-0.15, -0.1) is 0 Å². The van der Waals surface area contributed by atoms with Crippen molar-refractivity contribution in [1.82, 2.24) is 37.2 Å². The van der Waals surface area contributed by atoms with E-state index in [2.05, 4.69) is 37.2 Å². The van der Waals surface area contributed by atoms with Crippen LogP contribution in [-0.4, -0.2) is 129 Å². The van der Waals surface area contributed by atoms with Gasteiger partial charge < -0.3 is 75.5 Å². The Kier molecular flexibility index (Phi) is 20.8. The molecule has 10 atom stereocenters. The molecule has 78 heavy (non-hydrogen) atoms. The number of rotatable bonds is 18. The molecular formula is C54H64ClN11O12. The summed E-state index contributed by atoms with van der Waals surface area (Å²) in [6, 6.07) is 11.7. The predicted molar refractivity (Wildman–Crippen MR) is 284 cm³/mol. The summed E-state index contributed by atoms with van der Waals surface area (Å²) in [5, 5.41) is 50.7. The number of nitrogens with one attached hydrogen (secondary N) is 7. The smallest absolute Gasteiger partial charge is 0.248 e. The summed E-state index contributed by atoms with van der Waals surface area (Å²) in [5.41, 5.74) is 25.5. The summed E-state index contributed by atoms with van der Waals surface area (Å²) in [5.74, 6) is -9.84. The zero-order valence-corrected chi connectivity index (χ0v) is 43.0. The molecule has 2 aliphatic rings. The average Bonchev–Trinajstić information content (AvgIpc) is 3.47. The van der Waals surface area contributed by atoms with E-state index in [0.29, 0.717) is 33.7 Å². The van der Waals surface area contributed by atoms with Gasteiger partial charge in [-0.25, -0.2) is 0 Å². The average molecular weight is 1090 g/mol. The van der Waals surface area contributed by atoms with E-state index in [-0.39, 0.29) is 62.1 Å². The molecule has 1 unspecified atom stereocenters. The molecule has 0 saturated carbocycles. The molecule has 18 N–H and O–H groups in total. The van der Waals surface area contributed by atoms with Crippen molar-refractivity contribution in [2.24, 2.45) is 28.9 Å². The minimum Gasteiger partial charge on any atom is -0.508 e. The Bertz CT molecular complexity index is 2840. The molecule has 0 aliphatic carbocycles. The number of halogens is 1. The Morgan fingerprint density at radius 1 is 0.641 bits per heavy atom. The largest absolute Gasteiger partial charge is 0.508 e. The SMILES string of the molecule is NCCCC[C@@H]1NC(=O)[C@@H](Cc2ccc(C(N)=O)cc2)NC(=O)[C@H](Cc2ccc(O)cc2)NC(=O)[C@H](NC(=O)[C@@H](N)Cc2ccc(Cl)cc2)CC=CC2[C@@H](C(=O)N[C@H](Cc3ccc(O)cc3)C(N)=O)NC(=O)[C@@H](NC1=O)[C@@H]2O. The maximum absolute atomic E-state index is 14.7. The fourth-order valence-corrected chi connectivity index (χ4v) is 9.02. The van der Waals surface area contributed by atoms with Crippen LogP contribution in [0.3, 0.4) is 0 Å². The number of carbonyl (C=O) groups is 9. The van der Waals surface area contributed by atoms with Crippen LogP contribution in [0, 0.1) is 5.92 Å². The third-order valence-electron chi connectivity index (χ3n) is 13.3. The first-order valence-electron chi connectivity index (χ1n) is 25.1. The van der Waals surface area contributed by atoms with E-state index >= 15 is 0 Å². The van der Waals surface area contributed by atoms with E-state index in [0.717, 1.165) is 0 Å². The lowest BCUT2D eigenvalue weighted by Gasteiger charge is -2.39. The van der Waals surface area contributed by atoms with E-state index < -0.39 is 120 Å². The van der Waals surface area contributed by atoms with Gasteiger partial charge in [0.1, 0.15) is 53.8 Å². The maximum Gasteiger partial charge on any atom is 0.248 e. The third-order valence-corrected chi connectivity index (χ3v) is 13.5. The number of hydrogen-bond donors (Lipinski definition) is 14. The summed E-state index contributed by atoms with van der Waals surface area (Å²) in [4.78, 5) is 125. The van der Waals surface area contributed by atoms with Gasteiger partial charge in [0.05, 0.1) is 12.1 Å². The van der Waals surface area contributed by atoms with E-state index in [9.17, 15) is 58.5 Å². The monoisotopic (exact) mass is 1090 g/mol. The summed E-state index contributed by atoms with van der Waals surface area (Å²) in [6.45, 7) is 0.212. The maximum atomic E-state index is 14.7. The second-order valence-corrected chi connectivity index (χ2v) is 19.6. The predicted octanol–water partition coefficient (Wildman–Crippen LogP) is -1.59. The number of carbonyl (C=O) groups excluding carboxylic acids is 9. The fraction of sp³-hybridized carbons (Fsp3) is 0.352. The molecule has 0 radical (unpaired) electrons. The number of piperidine rings is 1. The van der Waals surface area contributed by atoms with Crippen molar-refractivity contribution in [2.45, 2.75) is 106 Å². The zero-order chi connectivity index (χ0) is 56.6. The standard InChI is InChI=1S/C54H64ClN11O12/c55-33-17-9-28(10-18-33)24-37(57)48(72)60-39-6-3-4-36-43(53(77)62-40(47(59)71)25-30-11-19-34(67)20-12-30)65-54(78)44(45(36)69)66-50(74)38(5-1-2-23-56)61-51(75)41(26-29-7-15-32(16-8-29)46(58)70)64-52(76)42(63-49(39)73)27-31-13-21-35(68)22-14-31/h3-4,7-22,36-45,67-69H,1-2,5-6,23-27,56-57H2,(H2,58,70)(H2,59,71)(H,60,72)(H,61,75)(H,62,77)(H,63,73)(H,64,76)(H,65,78)(H,66,74)/t36?,37-,38-,39+,40+,41+,42-,43-,44-,45+/m0/s1. The quantitative estimate of drug-likeness (QED) is 0.0395. The number of unbranched alkanes of at least 4 members (excludes halogenated alkanes) is 1.